The van der Waals surface area contributed by atoms with Crippen molar-refractivity contribution in [2.75, 3.05) is 18.4 Å². The lowest BCUT2D eigenvalue weighted by molar-refractivity contribution is 0.596. The highest BCUT2D eigenvalue weighted by Gasteiger charge is 2.20. The molecule has 2 atom stereocenters. The van der Waals surface area contributed by atoms with Crippen molar-refractivity contribution in [3.8, 4) is 11.1 Å². The third-order valence-electron chi connectivity index (χ3n) is 5.10. The molecule has 5 nitrogen and oxygen atoms in total. The SMILES string of the molecule is CC1CC(CNc2ccc(-c3cn[nH]c3)cc2C=N)CN1.Cc1ccc(S)cc1. The molecule has 0 radical (unpaired) electrons. The number of nitrogens with zero attached hydrogens (tertiary/aromatic N) is 1. The van der Waals surface area contributed by atoms with Gasteiger partial charge >= 0.3 is 0 Å². The molecule has 29 heavy (non-hydrogen) atoms. The Morgan fingerprint density at radius 3 is 2.59 bits per heavy atom. The number of H-pyrrole nitrogens is 1. The molecule has 1 saturated heterocycles. The first kappa shape index (κ1) is 21.1. The summed E-state index contributed by atoms with van der Waals surface area (Å²) in [6.45, 7) is 6.31. The molecule has 3 aromatic rings. The molecule has 152 valence electrons. The van der Waals surface area contributed by atoms with E-state index in [1.807, 2.05) is 36.5 Å². The lowest BCUT2D eigenvalue weighted by Gasteiger charge is -2.14. The number of hydrogen-bond acceptors (Lipinski definition) is 5. The molecular weight excluding hydrogens is 378 g/mol. The Balaban J connectivity index is 0.000000252. The van der Waals surface area contributed by atoms with E-state index >= 15 is 0 Å². The van der Waals surface area contributed by atoms with Crippen molar-refractivity contribution in [2.45, 2.75) is 31.2 Å². The fraction of sp³-hybridized carbons (Fsp3) is 0.304. The largest absolute Gasteiger partial charge is 0.384 e. The summed E-state index contributed by atoms with van der Waals surface area (Å²) in [4.78, 5) is 1.02. The molecule has 0 spiro atoms. The topological polar surface area (TPSA) is 76.6 Å². The van der Waals surface area contributed by atoms with Crippen LogP contribution in [0.5, 0.6) is 0 Å². The summed E-state index contributed by atoms with van der Waals surface area (Å²) in [7, 11) is 0. The highest BCUT2D eigenvalue weighted by molar-refractivity contribution is 7.80. The van der Waals surface area contributed by atoms with E-state index in [9.17, 15) is 0 Å². The number of thiol groups is 1. The van der Waals surface area contributed by atoms with Gasteiger partial charge in [-0.1, -0.05) is 23.8 Å². The van der Waals surface area contributed by atoms with Crippen molar-refractivity contribution in [3.05, 3.63) is 66.0 Å². The molecule has 4 rings (SSSR count). The zero-order valence-electron chi connectivity index (χ0n) is 16.9. The van der Waals surface area contributed by atoms with Gasteiger partial charge < -0.3 is 16.0 Å². The zero-order valence-corrected chi connectivity index (χ0v) is 17.8. The fourth-order valence-corrected chi connectivity index (χ4v) is 3.57. The molecule has 1 aliphatic heterocycles. The fourth-order valence-electron chi connectivity index (χ4n) is 3.42. The van der Waals surface area contributed by atoms with Crippen LogP contribution in [-0.4, -0.2) is 35.5 Å². The summed E-state index contributed by atoms with van der Waals surface area (Å²) in [5.74, 6) is 0.659. The minimum absolute atomic E-state index is 0.613. The van der Waals surface area contributed by atoms with E-state index in [0.29, 0.717) is 12.0 Å². The van der Waals surface area contributed by atoms with Crippen molar-refractivity contribution in [1.82, 2.24) is 15.5 Å². The van der Waals surface area contributed by atoms with Crippen LogP contribution in [0.2, 0.25) is 0 Å². The van der Waals surface area contributed by atoms with Gasteiger partial charge in [0.2, 0.25) is 0 Å². The molecule has 2 aromatic carbocycles. The monoisotopic (exact) mass is 407 g/mol. The first-order valence-electron chi connectivity index (χ1n) is 9.91. The molecule has 1 aliphatic rings. The second-order valence-electron chi connectivity index (χ2n) is 7.56. The average Bonchev–Trinajstić information content (AvgIpc) is 3.41. The molecule has 2 unspecified atom stereocenters. The van der Waals surface area contributed by atoms with Gasteiger partial charge in [-0.15, -0.1) is 12.6 Å². The predicted octanol–water partition coefficient (Wildman–Crippen LogP) is 4.77. The molecule has 0 bridgehead atoms. The Morgan fingerprint density at radius 2 is 2.00 bits per heavy atom. The maximum Gasteiger partial charge on any atom is 0.0565 e. The third kappa shape index (κ3) is 6.21. The standard InChI is InChI=1S/C16H21N5.C7H8S/c1-11-4-12(7-18-11)8-19-16-3-2-13(5-14(16)6-17)15-9-20-21-10-15;1-6-2-4-7(8)5-3-6/h2-3,5-6,9-12,17-19H,4,7-8H2,1H3,(H,20,21);2-5,8H,1H3. The van der Waals surface area contributed by atoms with Crippen molar-refractivity contribution >= 4 is 24.5 Å². The molecule has 4 N–H and O–H groups in total. The number of aryl methyl sites for hydroxylation is 1. The van der Waals surface area contributed by atoms with Gasteiger partial charge in [-0.25, -0.2) is 0 Å². The molecule has 0 aliphatic carbocycles. The molecule has 2 heterocycles. The Bertz CT molecular complexity index is 885. The van der Waals surface area contributed by atoms with E-state index < -0.39 is 0 Å². The summed E-state index contributed by atoms with van der Waals surface area (Å²) in [6, 6.07) is 14.8. The molecule has 1 fully saturated rings. The van der Waals surface area contributed by atoms with Crippen molar-refractivity contribution in [2.24, 2.45) is 5.92 Å². The number of rotatable bonds is 5. The third-order valence-corrected chi connectivity index (χ3v) is 5.39. The normalized spacial score (nSPS) is 18.0. The van der Waals surface area contributed by atoms with E-state index in [0.717, 1.165) is 40.4 Å². The smallest absolute Gasteiger partial charge is 0.0565 e. The van der Waals surface area contributed by atoms with Crippen molar-refractivity contribution < 1.29 is 0 Å². The Hall–Kier alpha value is -2.57. The molecule has 0 amide bonds. The summed E-state index contributed by atoms with van der Waals surface area (Å²) in [5.41, 5.74) is 5.33. The van der Waals surface area contributed by atoms with Crippen LogP contribution in [0.1, 0.15) is 24.5 Å². The zero-order chi connectivity index (χ0) is 20.6. The van der Waals surface area contributed by atoms with Gasteiger partial charge in [0.1, 0.15) is 0 Å². The number of aromatic nitrogens is 2. The van der Waals surface area contributed by atoms with Crippen molar-refractivity contribution in [1.29, 1.82) is 5.41 Å². The van der Waals surface area contributed by atoms with E-state index in [2.05, 4.69) is 59.4 Å². The quantitative estimate of drug-likeness (QED) is 0.312. The summed E-state index contributed by atoms with van der Waals surface area (Å²) >= 11 is 4.13. The minimum atomic E-state index is 0.613. The van der Waals surface area contributed by atoms with Gasteiger partial charge in [0.15, 0.2) is 0 Å². The van der Waals surface area contributed by atoms with Gasteiger partial charge in [-0.05, 0) is 62.6 Å². The van der Waals surface area contributed by atoms with Gasteiger partial charge in [-0.3, -0.25) is 5.10 Å². The van der Waals surface area contributed by atoms with Gasteiger partial charge in [0.25, 0.3) is 0 Å². The van der Waals surface area contributed by atoms with Crippen LogP contribution >= 0.6 is 12.6 Å². The second-order valence-corrected chi connectivity index (χ2v) is 8.08. The van der Waals surface area contributed by atoms with E-state index in [1.165, 1.54) is 18.2 Å². The van der Waals surface area contributed by atoms with Crippen LogP contribution in [0.4, 0.5) is 5.69 Å². The number of aromatic amines is 1. The van der Waals surface area contributed by atoms with Gasteiger partial charge in [0.05, 0.1) is 6.20 Å². The van der Waals surface area contributed by atoms with E-state index in [-0.39, 0.29) is 0 Å². The summed E-state index contributed by atoms with van der Waals surface area (Å²) in [6.07, 6.45) is 6.27. The van der Waals surface area contributed by atoms with Crippen LogP contribution in [0.15, 0.2) is 59.8 Å². The van der Waals surface area contributed by atoms with Crippen LogP contribution in [-0.2, 0) is 0 Å². The van der Waals surface area contributed by atoms with Gasteiger partial charge in [-0.2, -0.15) is 5.10 Å². The number of anilines is 1. The van der Waals surface area contributed by atoms with Crippen LogP contribution in [0, 0.1) is 18.3 Å². The van der Waals surface area contributed by atoms with Crippen LogP contribution < -0.4 is 10.6 Å². The average molecular weight is 408 g/mol. The molecule has 0 saturated carbocycles. The maximum absolute atomic E-state index is 7.63. The van der Waals surface area contributed by atoms with Crippen molar-refractivity contribution in [3.63, 3.8) is 0 Å². The Kier molecular flexibility index (Phi) is 7.49. The first-order valence-corrected chi connectivity index (χ1v) is 10.4. The number of hydrogen-bond donors (Lipinski definition) is 5. The number of nitrogens with one attached hydrogen (secondary N) is 4. The summed E-state index contributed by atoms with van der Waals surface area (Å²) < 4.78 is 0. The number of benzene rings is 2. The lowest BCUT2D eigenvalue weighted by atomic mass is 10.0. The highest BCUT2D eigenvalue weighted by Crippen LogP contribution is 2.24. The predicted molar refractivity (Wildman–Crippen MR) is 124 cm³/mol. The Morgan fingerprint density at radius 1 is 1.21 bits per heavy atom. The first-order chi connectivity index (χ1) is 14.0. The molecule has 1 aromatic heterocycles. The van der Waals surface area contributed by atoms with E-state index in [1.54, 1.807) is 6.20 Å². The molecule has 6 heteroatoms. The Labute approximate surface area is 178 Å². The summed E-state index contributed by atoms with van der Waals surface area (Å²) in [5, 5.41) is 21.4. The van der Waals surface area contributed by atoms with E-state index in [4.69, 9.17) is 5.41 Å². The second kappa shape index (κ2) is 10.3. The maximum atomic E-state index is 7.63. The lowest BCUT2D eigenvalue weighted by Crippen LogP contribution is -2.19. The van der Waals surface area contributed by atoms with Crippen LogP contribution in [0.25, 0.3) is 11.1 Å². The van der Waals surface area contributed by atoms with Gasteiger partial charge in [0, 0.05) is 46.7 Å². The van der Waals surface area contributed by atoms with Crippen LogP contribution in [0.3, 0.4) is 0 Å². The highest BCUT2D eigenvalue weighted by atomic mass is 32.1. The molecular formula is C23H29N5S. The minimum Gasteiger partial charge on any atom is -0.384 e.